The molecule has 0 aromatic heterocycles. The Kier molecular flexibility index (Phi) is 5.78. The van der Waals surface area contributed by atoms with Gasteiger partial charge in [-0.15, -0.1) is 0 Å². The standard InChI is InChI=1S/C13H17BrFNO/c1-2-9(8-16)5-13(17)6-10-3-11(14)7-12(15)4-10/h3-4,7,9H,2,5-6,8,16H2,1H3. The van der Waals surface area contributed by atoms with E-state index in [4.69, 9.17) is 5.73 Å². The molecule has 4 heteroatoms. The number of ketones is 1. The number of benzene rings is 1. The third-order valence-electron chi connectivity index (χ3n) is 2.75. The van der Waals surface area contributed by atoms with E-state index >= 15 is 0 Å². The van der Waals surface area contributed by atoms with E-state index in [1.54, 1.807) is 6.07 Å². The molecule has 2 N–H and O–H groups in total. The quantitative estimate of drug-likeness (QED) is 0.877. The summed E-state index contributed by atoms with van der Waals surface area (Å²) in [5.74, 6) is 0.0207. The van der Waals surface area contributed by atoms with Gasteiger partial charge in [-0.1, -0.05) is 29.3 Å². The minimum absolute atomic E-state index is 0.111. The Morgan fingerprint density at radius 2 is 2.18 bits per heavy atom. The average Bonchev–Trinajstić information content (AvgIpc) is 2.24. The molecule has 0 fully saturated rings. The lowest BCUT2D eigenvalue weighted by atomic mass is 9.96. The van der Waals surface area contributed by atoms with Crippen LogP contribution in [0.25, 0.3) is 0 Å². The maximum absolute atomic E-state index is 13.1. The second-order valence-electron chi connectivity index (χ2n) is 4.21. The number of nitrogens with two attached hydrogens (primary N) is 1. The van der Waals surface area contributed by atoms with Crippen LogP contribution in [0.1, 0.15) is 25.3 Å². The highest BCUT2D eigenvalue weighted by atomic mass is 79.9. The van der Waals surface area contributed by atoms with Crippen molar-refractivity contribution in [1.82, 2.24) is 0 Å². The first-order valence-corrected chi connectivity index (χ1v) is 6.51. The molecular weight excluding hydrogens is 285 g/mol. The van der Waals surface area contributed by atoms with Crippen molar-refractivity contribution in [3.63, 3.8) is 0 Å². The molecule has 0 saturated heterocycles. The molecule has 0 radical (unpaired) electrons. The lowest BCUT2D eigenvalue weighted by molar-refractivity contribution is -0.119. The predicted molar refractivity (Wildman–Crippen MR) is 70.3 cm³/mol. The van der Waals surface area contributed by atoms with Crippen molar-refractivity contribution in [3.05, 3.63) is 34.1 Å². The Morgan fingerprint density at radius 1 is 1.47 bits per heavy atom. The Bertz CT molecular complexity index is 371. The van der Waals surface area contributed by atoms with E-state index in [2.05, 4.69) is 15.9 Å². The summed E-state index contributed by atoms with van der Waals surface area (Å²) in [6, 6.07) is 4.54. The molecule has 1 aromatic carbocycles. The molecule has 1 aromatic rings. The molecule has 0 bridgehead atoms. The first-order valence-electron chi connectivity index (χ1n) is 5.71. The smallest absolute Gasteiger partial charge is 0.137 e. The number of rotatable bonds is 6. The number of carbonyl (C=O) groups is 1. The van der Waals surface area contributed by atoms with Gasteiger partial charge in [-0.05, 0) is 36.2 Å². The molecule has 0 aliphatic heterocycles. The van der Waals surface area contributed by atoms with Gasteiger partial charge < -0.3 is 5.73 Å². The fraction of sp³-hybridized carbons (Fsp3) is 0.462. The van der Waals surface area contributed by atoms with Crippen molar-refractivity contribution in [2.45, 2.75) is 26.2 Å². The van der Waals surface area contributed by atoms with Gasteiger partial charge in [0.1, 0.15) is 11.6 Å². The zero-order valence-electron chi connectivity index (χ0n) is 9.88. The summed E-state index contributed by atoms with van der Waals surface area (Å²) in [4.78, 5) is 11.8. The van der Waals surface area contributed by atoms with Gasteiger partial charge in [0.25, 0.3) is 0 Å². The van der Waals surface area contributed by atoms with Gasteiger partial charge >= 0.3 is 0 Å². The van der Waals surface area contributed by atoms with Crippen LogP contribution in [0.5, 0.6) is 0 Å². The summed E-state index contributed by atoms with van der Waals surface area (Å²) >= 11 is 3.21. The maximum Gasteiger partial charge on any atom is 0.137 e. The lowest BCUT2D eigenvalue weighted by Crippen LogP contribution is -2.18. The fourth-order valence-electron chi connectivity index (χ4n) is 1.73. The van der Waals surface area contributed by atoms with Gasteiger partial charge in [0.05, 0.1) is 0 Å². The van der Waals surface area contributed by atoms with Crippen molar-refractivity contribution in [2.24, 2.45) is 11.7 Å². The molecule has 2 nitrogen and oxygen atoms in total. The van der Waals surface area contributed by atoms with Crippen LogP contribution < -0.4 is 5.73 Å². The first kappa shape index (κ1) is 14.3. The van der Waals surface area contributed by atoms with Crippen molar-refractivity contribution >= 4 is 21.7 Å². The van der Waals surface area contributed by atoms with E-state index in [0.29, 0.717) is 23.0 Å². The number of carbonyl (C=O) groups excluding carboxylic acids is 1. The Labute approximate surface area is 110 Å². The molecule has 1 unspecified atom stereocenters. The topological polar surface area (TPSA) is 43.1 Å². The maximum atomic E-state index is 13.1. The summed E-state index contributed by atoms with van der Waals surface area (Å²) in [5.41, 5.74) is 6.26. The van der Waals surface area contributed by atoms with E-state index in [1.165, 1.54) is 12.1 Å². The summed E-state index contributed by atoms with van der Waals surface area (Å²) in [6.07, 6.45) is 1.64. The van der Waals surface area contributed by atoms with Gasteiger partial charge in [-0.2, -0.15) is 0 Å². The molecule has 1 atom stereocenters. The van der Waals surface area contributed by atoms with Crippen LogP contribution in [0.15, 0.2) is 22.7 Å². The van der Waals surface area contributed by atoms with Crippen LogP contribution in [0.2, 0.25) is 0 Å². The highest BCUT2D eigenvalue weighted by molar-refractivity contribution is 9.10. The van der Waals surface area contributed by atoms with Crippen LogP contribution in [0.3, 0.4) is 0 Å². The van der Waals surface area contributed by atoms with E-state index in [9.17, 15) is 9.18 Å². The SMILES string of the molecule is CCC(CN)CC(=O)Cc1cc(F)cc(Br)c1. The van der Waals surface area contributed by atoms with E-state index in [1.807, 2.05) is 6.92 Å². The molecular formula is C13H17BrFNO. The van der Waals surface area contributed by atoms with Gasteiger partial charge in [0.15, 0.2) is 0 Å². The average molecular weight is 302 g/mol. The van der Waals surface area contributed by atoms with Gasteiger partial charge in [0, 0.05) is 17.3 Å². The Morgan fingerprint density at radius 3 is 2.71 bits per heavy atom. The van der Waals surface area contributed by atoms with Gasteiger partial charge in [-0.3, -0.25) is 4.79 Å². The third-order valence-corrected chi connectivity index (χ3v) is 3.21. The minimum Gasteiger partial charge on any atom is -0.330 e. The first-order chi connectivity index (χ1) is 8.05. The molecule has 0 aliphatic rings. The largest absolute Gasteiger partial charge is 0.330 e. The van der Waals surface area contributed by atoms with Crippen LogP contribution in [0, 0.1) is 11.7 Å². The molecule has 0 spiro atoms. The zero-order chi connectivity index (χ0) is 12.8. The number of hydrogen-bond acceptors (Lipinski definition) is 2. The van der Waals surface area contributed by atoms with Gasteiger partial charge in [0.2, 0.25) is 0 Å². The number of Topliss-reactive ketones (excluding diaryl/α,β-unsaturated/α-hetero) is 1. The summed E-state index contributed by atoms with van der Waals surface area (Å²) < 4.78 is 13.8. The molecule has 0 amide bonds. The third kappa shape index (κ3) is 4.96. The predicted octanol–water partition coefficient (Wildman–Crippen LogP) is 3.07. The molecule has 0 heterocycles. The second kappa shape index (κ2) is 6.87. The highest BCUT2D eigenvalue weighted by Crippen LogP contribution is 2.17. The summed E-state index contributed by atoms with van der Waals surface area (Å²) in [7, 11) is 0. The van der Waals surface area contributed by atoms with E-state index in [-0.39, 0.29) is 23.9 Å². The van der Waals surface area contributed by atoms with Crippen LogP contribution in [-0.4, -0.2) is 12.3 Å². The molecule has 1 rings (SSSR count). The van der Waals surface area contributed by atoms with E-state index < -0.39 is 0 Å². The molecule has 0 aliphatic carbocycles. The van der Waals surface area contributed by atoms with Gasteiger partial charge in [-0.25, -0.2) is 4.39 Å². The lowest BCUT2D eigenvalue weighted by Gasteiger charge is -2.10. The molecule has 0 saturated carbocycles. The van der Waals surface area contributed by atoms with Crippen LogP contribution in [0.4, 0.5) is 4.39 Å². The second-order valence-corrected chi connectivity index (χ2v) is 5.12. The monoisotopic (exact) mass is 301 g/mol. The van der Waals surface area contributed by atoms with Crippen LogP contribution in [-0.2, 0) is 11.2 Å². The highest BCUT2D eigenvalue weighted by Gasteiger charge is 2.11. The zero-order valence-corrected chi connectivity index (χ0v) is 11.5. The molecule has 17 heavy (non-hydrogen) atoms. The fourth-order valence-corrected chi connectivity index (χ4v) is 2.24. The van der Waals surface area contributed by atoms with Crippen molar-refractivity contribution < 1.29 is 9.18 Å². The van der Waals surface area contributed by atoms with Crippen molar-refractivity contribution in [3.8, 4) is 0 Å². The summed E-state index contributed by atoms with van der Waals surface area (Å²) in [5, 5.41) is 0. The normalized spacial score (nSPS) is 12.5. The van der Waals surface area contributed by atoms with E-state index in [0.717, 1.165) is 6.42 Å². The Balaban J connectivity index is 2.61. The van der Waals surface area contributed by atoms with Crippen molar-refractivity contribution in [2.75, 3.05) is 6.54 Å². The molecule has 94 valence electrons. The van der Waals surface area contributed by atoms with Crippen LogP contribution >= 0.6 is 15.9 Å². The van der Waals surface area contributed by atoms with Crippen molar-refractivity contribution in [1.29, 1.82) is 0 Å². The Hall–Kier alpha value is -0.740. The summed E-state index contributed by atoms with van der Waals surface area (Å²) in [6.45, 7) is 2.54. The minimum atomic E-state index is -0.326. The number of halogens is 2. The number of hydrogen-bond donors (Lipinski definition) is 1.